The van der Waals surface area contributed by atoms with E-state index in [1.54, 1.807) is 6.92 Å². The molecule has 0 unspecified atom stereocenters. The van der Waals surface area contributed by atoms with Crippen LogP contribution in [0.15, 0.2) is 35.7 Å². The first kappa shape index (κ1) is 9.15. The van der Waals surface area contributed by atoms with Gasteiger partial charge in [0.1, 0.15) is 5.83 Å². The van der Waals surface area contributed by atoms with Gasteiger partial charge in [-0.05, 0) is 32.9 Å². The van der Waals surface area contributed by atoms with E-state index in [1.165, 1.54) is 12.2 Å². The van der Waals surface area contributed by atoms with E-state index in [0.717, 1.165) is 11.1 Å². The van der Waals surface area contributed by atoms with Crippen LogP contribution in [-0.2, 0) is 0 Å². The van der Waals surface area contributed by atoms with Gasteiger partial charge in [0.15, 0.2) is 0 Å². The predicted molar refractivity (Wildman–Crippen MR) is 43.4 cm³/mol. The van der Waals surface area contributed by atoms with E-state index in [2.05, 4.69) is 6.58 Å². The van der Waals surface area contributed by atoms with Crippen LogP contribution in [-0.4, -0.2) is 0 Å². The van der Waals surface area contributed by atoms with Crippen LogP contribution in [0.25, 0.3) is 0 Å². The molecule has 0 aliphatic carbocycles. The first-order valence-electron chi connectivity index (χ1n) is 3.20. The van der Waals surface area contributed by atoms with Crippen molar-refractivity contribution in [2.45, 2.75) is 20.8 Å². The topological polar surface area (TPSA) is 0 Å². The van der Waals surface area contributed by atoms with E-state index in [9.17, 15) is 4.39 Å². The lowest BCUT2D eigenvalue weighted by Crippen LogP contribution is -1.70. The van der Waals surface area contributed by atoms with Crippen LogP contribution in [0.1, 0.15) is 20.8 Å². The van der Waals surface area contributed by atoms with Gasteiger partial charge in [-0.25, -0.2) is 4.39 Å². The molecule has 0 nitrogen and oxygen atoms in total. The molecule has 0 amide bonds. The average molecular weight is 140 g/mol. The third-order valence-electron chi connectivity index (χ3n) is 0.811. The number of hydrogen-bond acceptors (Lipinski definition) is 0. The highest BCUT2D eigenvalue weighted by Crippen LogP contribution is 2.05. The Morgan fingerprint density at radius 3 is 2.00 bits per heavy atom. The predicted octanol–water partition coefficient (Wildman–Crippen LogP) is 3.38. The molecule has 0 aliphatic rings. The Labute approximate surface area is 61.8 Å². The van der Waals surface area contributed by atoms with E-state index >= 15 is 0 Å². The van der Waals surface area contributed by atoms with Gasteiger partial charge in [0, 0.05) is 0 Å². The van der Waals surface area contributed by atoms with Gasteiger partial charge in [0.2, 0.25) is 0 Å². The minimum absolute atomic E-state index is 0.229. The maximum absolute atomic E-state index is 12.6. The molecule has 0 rings (SSSR count). The molecule has 0 saturated carbocycles. The van der Waals surface area contributed by atoms with Crippen molar-refractivity contribution in [3.05, 3.63) is 35.7 Å². The van der Waals surface area contributed by atoms with Crippen LogP contribution in [0.3, 0.4) is 0 Å². The highest BCUT2D eigenvalue weighted by molar-refractivity contribution is 5.23. The average Bonchev–Trinajstić information content (AvgIpc) is 1.58. The van der Waals surface area contributed by atoms with Crippen LogP contribution < -0.4 is 0 Å². The Hall–Kier alpha value is -0.850. The monoisotopic (exact) mass is 140 g/mol. The van der Waals surface area contributed by atoms with Gasteiger partial charge in [0.05, 0.1) is 0 Å². The van der Waals surface area contributed by atoms with E-state index in [4.69, 9.17) is 0 Å². The molecule has 0 aliphatic heterocycles. The van der Waals surface area contributed by atoms with Crippen LogP contribution in [0.5, 0.6) is 0 Å². The summed E-state index contributed by atoms with van der Waals surface area (Å²) in [5.41, 5.74) is 1.69. The summed E-state index contributed by atoms with van der Waals surface area (Å²) in [6.45, 7) is 9.03. The molecule has 1 heteroatoms. The van der Waals surface area contributed by atoms with Crippen molar-refractivity contribution < 1.29 is 4.39 Å². The fourth-order valence-electron chi connectivity index (χ4n) is 0.553. The fraction of sp³-hybridized carbons (Fsp3) is 0.333. The van der Waals surface area contributed by atoms with Gasteiger partial charge in [-0.1, -0.05) is 17.7 Å². The third kappa shape index (κ3) is 5.29. The zero-order valence-electron chi connectivity index (χ0n) is 6.74. The zero-order valence-corrected chi connectivity index (χ0v) is 6.74. The van der Waals surface area contributed by atoms with Crippen LogP contribution in [0, 0.1) is 0 Å². The number of allylic oxidation sites excluding steroid dienone is 5. The Balaban J connectivity index is 4.22. The molecule has 56 valence electrons. The van der Waals surface area contributed by atoms with Crippen LogP contribution >= 0.6 is 0 Å². The smallest absolute Gasteiger partial charge is 0.123 e. The van der Waals surface area contributed by atoms with E-state index in [-0.39, 0.29) is 5.83 Å². The van der Waals surface area contributed by atoms with Gasteiger partial charge < -0.3 is 0 Å². The highest BCUT2D eigenvalue weighted by Gasteiger charge is 1.87. The first-order chi connectivity index (χ1) is 4.52. The number of rotatable bonds is 2. The van der Waals surface area contributed by atoms with E-state index in [1.807, 2.05) is 13.8 Å². The molecular weight excluding hydrogens is 127 g/mol. The Morgan fingerprint density at radius 1 is 1.20 bits per heavy atom. The fourth-order valence-corrected chi connectivity index (χ4v) is 0.553. The Bertz CT molecular complexity index is 181. The summed E-state index contributed by atoms with van der Waals surface area (Å²) in [6.07, 6.45) is 2.89. The Morgan fingerprint density at radius 2 is 1.70 bits per heavy atom. The van der Waals surface area contributed by atoms with Gasteiger partial charge in [-0.3, -0.25) is 0 Å². The molecule has 0 atom stereocenters. The molecule has 0 bridgehead atoms. The van der Waals surface area contributed by atoms with Crippen molar-refractivity contribution in [3.8, 4) is 0 Å². The highest BCUT2D eigenvalue weighted by atomic mass is 19.1. The molecule has 0 aromatic rings. The molecule has 0 aromatic carbocycles. The first-order valence-corrected chi connectivity index (χ1v) is 3.20. The second-order valence-electron chi connectivity index (χ2n) is 2.60. The molecule has 0 spiro atoms. The second kappa shape index (κ2) is 4.04. The number of hydrogen-bond donors (Lipinski definition) is 0. The van der Waals surface area contributed by atoms with Crippen LogP contribution in [0.4, 0.5) is 4.39 Å². The molecule has 0 saturated heterocycles. The molecule has 0 heterocycles. The summed E-state index contributed by atoms with van der Waals surface area (Å²) in [7, 11) is 0. The number of halogens is 1. The minimum Gasteiger partial charge on any atom is -0.207 e. The van der Waals surface area contributed by atoms with E-state index in [0.29, 0.717) is 0 Å². The normalized spacial score (nSPS) is 11.0. The summed E-state index contributed by atoms with van der Waals surface area (Å²) in [5.74, 6) is -0.229. The summed E-state index contributed by atoms with van der Waals surface area (Å²) in [5, 5.41) is 0. The van der Waals surface area contributed by atoms with Crippen molar-refractivity contribution in [2.24, 2.45) is 0 Å². The van der Waals surface area contributed by atoms with Crippen molar-refractivity contribution in [1.82, 2.24) is 0 Å². The SMILES string of the molecule is C=C(C)C=C(F)C=C(C)C. The molecule has 10 heavy (non-hydrogen) atoms. The largest absolute Gasteiger partial charge is 0.207 e. The van der Waals surface area contributed by atoms with Crippen molar-refractivity contribution >= 4 is 0 Å². The molecule has 0 fully saturated rings. The summed E-state index contributed by atoms with van der Waals surface area (Å²) >= 11 is 0. The second-order valence-corrected chi connectivity index (χ2v) is 2.60. The summed E-state index contributed by atoms with van der Waals surface area (Å²) in [4.78, 5) is 0. The standard InChI is InChI=1S/C9H13F/c1-7(2)5-9(10)6-8(3)4/h5-6H,1H2,2-4H3. The molecule has 0 aromatic heterocycles. The quantitative estimate of drug-likeness (QED) is 0.516. The molecule has 0 radical (unpaired) electrons. The molecular formula is C9H13F. The lowest BCUT2D eigenvalue weighted by Gasteiger charge is -1.89. The maximum Gasteiger partial charge on any atom is 0.123 e. The maximum atomic E-state index is 12.6. The minimum atomic E-state index is -0.229. The lowest BCUT2D eigenvalue weighted by atomic mass is 10.2. The van der Waals surface area contributed by atoms with Crippen molar-refractivity contribution in [3.63, 3.8) is 0 Å². The van der Waals surface area contributed by atoms with Crippen molar-refractivity contribution in [2.75, 3.05) is 0 Å². The Kier molecular flexibility index (Phi) is 3.70. The molecule has 0 N–H and O–H groups in total. The lowest BCUT2D eigenvalue weighted by molar-refractivity contribution is 0.664. The van der Waals surface area contributed by atoms with Crippen molar-refractivity contribution in [1.29, 1.82) is 0 Å². The summed E-state index contributed by atoms with van der Waals surface area (Å²) in [6, 6.07) is 0. The van der Waals surface area contributed by atoms with Gasteiger partial charge in [-0.2, -0.15) is 0 Å². The summed E-state index contributed by atoms with van der Waals surface area (Å²) < 4.78 is 12.6. The van der Waals surface area contributed by atoms with E-state index < -0.39 is 0 Å². The van der Waals surface area contributed by atoms with Crippen LogP contribution in [0.2, 0.25) is 0 Å². The third-order valence-corrected chi connectivity index (χ3v) is 0.811. The zero-order chi connectivity index (χ0) is 8.15. The van der Waals surface area contributed by atoms with Gasteiger partial charge >= 0.3 is 0 Å². The van der Waals surface area contributed by atoms with Gasteiger partial charge in [-0.15, -0.1) is 0 Å². The van der Waals surface area contributed by atoms with Gasteiger partial charge in [0.25, 0.3) is 0 Å².